The number of hydrogen-bond acceptors (Lipinski definition) is 11. The summed E-state index contributed by atoms with van der Waals surface area (Å²) in [6.07, 6.45) is 27.7. The number of phosphoric acid groups is 1. The van der Waals surface area contributed by atoms with E-state index < -0.39 is 50.0 Å². The number of rotatable bonds is 39. The van der Waals surface area contributed by atoms with Gasteiger partial charge in [0, 0.05) is 37.5 Å². The van der Waals surface area contributed by atoms with Crippen LogP contribution < -0.4 is 4.89 Å². The molecule has 59 heavy (non-hydrogen) atoms. The number of nitrogens with zero attached hydrogens (tertiary/aromatic N) is 1. The van der Waals surface area contributed by atoms with E-state index in [0.29, 0.717) is 30.3 Å². The van der Waals surface area contributed by atoms with Crippen molar-refractivity contribution >= 4 is 19.6 Å². The van der Waals surface area contributed by atoms with Gasteiger partial charge < -0.3 is 43.2 Å². The Morgan fingerprint density at radius 2 is 1.36 bits per heavy atom. The van der Waals surface area contributed by atoms with Crippen molar-refractivity contribution in [2.24, 2.45) is 11.8 Å². The molecule has 7 atom stereocenters. The summed E-state index contributed by atoms with van der Waals surface area (Å²) in [5, 5.41) is 31.3. The number of phosphoric ester groups is 1. The number of allylic oxidation sites excluding steroid dienone is 1. The van der Waals surface area contributed by atoms with Gasteiger partial charge in [0.1, 0.15) is 25.5 Å². The van der Waals surface area contributed by atoms with E-state index in [0.717, 1.165) is 38.5 Å². The Bertz CT molecular complexity index is 1180. The fourth-order valence-electron chi connectivity index (χ4n) is 7.29. The van der Waals surface area contributed by atoms with Crippen molar-refractivity contribution in [3.63, 3.8) is 0 Å². The number of quaternary nitrogens is 1. The summed E-state index contributed by atoms with van der Waals surface area (Å²) in [6.45, 7) is 4.19. The van der Waals surface area contributed by atoms with Crippen molar-refractivity contribution in [2.45, 2.75) is 199 Å². The minimum absolute atomic E-state index is 0.0312. The number of carbonyl (C=O) groups is 2. The summed E-state index contributed by atoms with van der Waals surface area (Å²) < 4.78 is 34.2. The van der Waals surface area contributed by atoms with Gasteiger partial charge in [-0.1, -0.05) is 129 Å². The lowest BCUT2D eigenvalue weighted by atomic mass is 9.87. The Hall–Kier alpha value is -1.63. The zero-order chi connectivity index (χ0) is 43.8. The third kappa shape index (κ3) is 31.0. The van der Waals surface area contributed by atoms with E-state index in [1.165, 1.54) is 83.3 Å². The largest absolute Gasteiger partial charge is 0.756 e. The third-order valence-corrected chi connectivity index (χ3v) is 12.0. The smallest absolute Gasteiger partial charge is 0.305 e. The molecule has 1 unspecified atom stereocenters. The quantitative estimate of drug-likeness (QED) is 0.0135. The van der Waals surface area contributed by atoms with Crippen LogP contribution in [0.1, 0.15) is 174 Å². The van der Waals surface area contributed by atoms with E-state index >= 15 is 0 Å². The Morgan fingerprint density at radius 1 is 0.780 bits per heavy atom. The van der Waals surface area contributed by atoms with E-state index in [9.17, 15) is 34.4 Å². The van der Waals surface area contributed by atoms with E-state index in [2.05, 4.69) is 13.8 Å². The number of ether oxygens (including phenoxy) is 2. The summed E-state index contributed by atoms with van der Waals surface area (Å²) in [6, 6.07) is 0. The van der Waals surface area contributed by atoms with E-state index in [1.807, 2.05) is 27.2 Å². The lowest BCUT2D eigenvalue weighted by molar-refractivity contribution is -0.870. The number of carbonyl (C=O) groups excluding carboxylic acids is 2. The van der Waals surface area contributed by atoms with Crippen molar-refractivity contribution in [1.82, 2.24) is 0 Å². The fraction of sp³-hybridized carbons (Fsp3) is 0.870. The predicted molar refractivity (Wildman–Crippen MR) is 233 cm³/mol. The Kier molecular flexibility index (Phi) is 31.9. The standard InChI is InChI=1S/C46H86NO11P/c1-6-8-10-11-12-13-14-15-16-17-18-19-20-21-22-26-33-55-41(38-58-59(53,54)57-34-32-47(3,4)5)37-56-46(52)29-25-24-28-40(49)35-43-42(44(50)36-45(43)51)31-30-39(48)27-23-9-7-2/h26,30-31,33,39,41-45,48,50-51H,6-25,27-29,32,34-38H2,1-5H3/b31-30+,33-26-/t39-,41+,42+,43+,44+,45-/m0/s1. The minimum atomic E-state index is -4.61. The first-order chi connectivity index (χ1) is 28.2. The number of hydrogen-bond donors (Lipinski definition) is 3. The SMILES string of the molecule is CCCCCCCCCCCCCCCC/C=C\O[C@H](COC(=O)CCCCC(=O)C[C@@H]1[C@@H](/C=C/[C@@H](O)CCCCC)[C@H](O)C[C@@H]1O)COP(=O)([O-])OCC[N+](C)(C)C. The zero-order valence-electron chi connectivity index (χ0n) is 37.8. The summed E-state index contributed by atoms with van der Waals surface area (Å²) in [4.78, 5) is 37.9. The molecule has 13 heteroatoms. The highest BCUT2D eigenvalue weighted by Gasteiger charge is 2.41. The molecule has 0 bridgehead atoms. The van der Waals surface area contributed by atoms with Gasteiger partial charge in [-0.05, 0) is 38.2 Å². The first kappa shape index (κ1) is 55.4. The van der Waals surface area contributed by atoms with E-state index in [-0.39, 0.29) is 51.3 Å². The molecule has 0 radical (unpaired) electrons. The molecule has 0 aromatic rings. The lowest BCUT2D eigenvalue weighted by Crippen LogP contribution is -2.37. The van der Waals surface area contributed by atoms with Crippen LogP contribution in [-0.4, -0.2) is 103 Å². The maximum Gasteiger partial charge on any atom is 0.305 e. The van der Waals surface area contributed by atoms with Crippen molar-refractivity contribution < 1.29 is 57.4 Å². The molecule has 1 saturated carbocycles. The fourth-order valence-corrected chi connectivity index (χ4v) is 8.02. The van der Waals surface area contributed by atoms with Gasteiger partial charge >= 0.3 is 5.97 Å². The summed E-state index contributed by atoms with van der Waals surface area (Å²) in [5.41, 5.74) is 0. The number of ketones is 1. The van der Waals surface area contributed by atoms with Gasteiger partial charge in [0.05, 0.1) is 52.3 Å². The molecule has 346 valence electrons. The molecule has 1 aliphatic rings. The molecule has 3 N–H and O–H groups in total. The van der Waals surface area contributed by atoms with Crippen molar-refractivity contribution in [1.29, 1.82) is 0 Å². The molecule has 0 amide bonds. The van der Waals surface area contributed by atoms with Crippen LogP contribution in [0.4, 0.5) is 0 Å². The van der Waals surface area contributed by atoms with E-state index in [1.54, 1.807) is 12.2 Å². The van der Waals surface area contributed by atoms with Crippen molar-refractivity contribution in [2.75, 3.05) is 47.5 Å². The molecule has 0 spiro atoms. The maximum absolute atomic E-state index is 12.9. The highest BCUT2D eigenvalue weighted by atomic mass is 31.2. The zero-order valence-corrected chi connectivity index (χ0v) is 38.7. The van der Waals surface area contributed by atoms with Crippen molar-refractivity contribution in [3.05, 3.63) is 24.5 Å². The number of Topliss-reactive ketones (excluding diaryl/α,β-unsaturated/α-hetero) is 1. The third-order valence-electron chi connectivity index (χ3n) is 11.1. The number of likely N-dealkylation sites (N-methyl/N-ethyl adjacent to an activating group) is 1. The minimum Gasteiger partial charge on any atom is -0.756 e. The van der Waals surface area contributed by atoms with Gasteiger partial charge in [-0.2, -0.15) is 0 Å². The Balaban J connectivity index is 2.46. The van der Waals surface area contributed by atoms with Crippen LogP contribution in [0, 0.1) is 11.8 Å². The number of aliphatic hydroxyl groups is 3. The molecule has 1 fully saturated rings. The molecule has 0 aromatic carbocycles. The number of esters is 1. The molecule has 1 aliphatic carbocycles. The topological polar surface area (TPSA) is 172 Å². The van der Waals surface area contributed by atoms with Crippen LogP contribution in [0.25, 0.3) is 0 Å². The van der Waals surface area contributed by atoms with Crippen LogP contribution >= 0.6 is 7.82 Å². The van der Waals surface area contributed by atoms with Gasteiger partial charge in [-0.25, -0.2) is 0 Å². The van der Waals surface area contributed by atoms with Gasteiger partial charge in [-0.15, -0.1) is 0 Å². The van der Waals surface area contributed by atoms with Gasteiger partial charge in [0.25, 0.3) is 7.82 Å². The summed E-state index contributed by atoms with van der Waals surface area (Å²) >= 11 is 0. The van der Waals surface area contributed by atoms with Crippen LogP contribution in [0.3, 0.4) is 0 Å². The molecular formula is C46H86NO11P. The maximum atomic E-state index is 12.9. The Labute approximate surface area is 358 Å². The van der Waals surface area contributed by atoms with E-state index in [4.69, 9.17) is 18.5 Å². The highest BCUT2D eigenvalue weighted by Crippen LogP contribution is 2.39. The second-order valence-electron chi connectivity index (χ2n) is 17.8. The van der Waals surface area contributed by atoms with Crippen LogP contribution in [0.5, 0.6) is 0 Å². The first-order valence-electron chi connectivity index (χ1n) is 23.3. The molecule has 12 nitrogen and oxygen atoms in total. The molecule has 0 heterocycles. The lowest BCUT2D eigenvalue weighted by Gasteiger charge is -2.28. The monoisotopic (exact) mass is 860 g/mol. The Morgan fingerprint density at radius 3 is 1.97 bits per heavy atom. The van der Waals surface area contributed by atoms with Crippen molar-refractivity contribution in [3.8, 4) is 0 Å². The predicted octanol–water partition coefficient (Wildman–Crippen LogP) is 8.88. The van der Waals surface area contributed by atoms with Gasteiger partial charge in [0.15, 0.2) is 6.10 Å². The molecule has 0 saturated heterocycles. The highest BCUT2D eigenvalue weighted by molar-refractivity contribution is 7.45. The molecule has 0 aromatic heterocycles. The molecule has 1 rings (SSSR count). The van der Waals surface area contributed by atoms with Crippen LogP contribution in [0.2, 0.25) is 0 Å². The van der Waals surface area contributed by atoms with Gasteiger partial charge in [-0.3, -0.25) is 14.2 Å². The van der Waals surface area contributed by atoms with Crippen LogP contribution in [-0.2, 0) is 32.7 Å². The average molecular weight is 860 g/mol. The normalized spacial score (nSPS) is 20.6. The van der Waals surface area contributed by atoms with Crippen LogP contribution in [0.15, 0.2) is 24.5 Å². The second kappa shape index (κ2) is 33.9. The molecular weight excluding hydrogens is 773 g/mol. The van der Waals surface area contributed by atoms with Gasteiger partial charge in [0.2, 0.25) is 0 Å². The number of unbranched alkanes of at least 4 members (excludes halogenated alkanes) is 17. The summed E-state index contributed by atoms with van der Waals surface area (Å²) in [5.74, 6) is -1.40. The second-order valence-corrected chi connectivity index (χ2v) is 19.2. The summed E-state index contributed by atoms with van der Waals surface area (Å²) in [7, 11) is 1.16. The number of aliphatic hydroxyl groups excluding tert-OH is 3. The molecule has 0 aliphatic heterocycles. The first-order valence-corrected chi connectivity index (χ1v) is 24.7. The average Bonchev–Trinajstić information content (AvgIpc) is 3.44.